The summed E-state index contributed by atoms with van der Waals surface area (Å²) in [6, 6.07) is 30.9. The molecule has 4 aromatic rings. The van der Waals surface area contributed by atoms with Crippen LogP contribution in [-0.4, -0.2) is 19.7 Å². The molecule has 0 spiro atoms. The van der Waals surface area contributed by atoms with Gasteiger partial charge in [-0.2, -0.15) is 0 Å². The maximum Gasteiger partial charge on any atom is 0.632 e. The fourth-order valence-corrected chi connectivity index (χ4v) is 5.03. The van der Waals surface area contributed by atoms with Crippen molar-refractivity contribution in [3.63, 3.8) is 0 Å². The monoisotopic (exact) mass is 455 g/mol. The molecule has 155 valence electrons. The van der Waals surface area contributed by atoms with E-state index < -0.39 is 7.12 Å². The van der Waals surface area contributed by atoms with Crippen LogP contribution in [0, 0.1) is 0 Å². The molecule has 0 fully saturated rings. The molecule has 1 N–H and O–H groups in total. The van der Waals surface area contributed by atoms with Gasteiger partial charge in [0, 0.05) is 15.3 Å². The lowest BCUT2D eigenvalue weighted by atomic mass is 9.79. The molecule has 0 saturated carbocycles. The molecule has 1 heterocycles. The number of hydrogen-bond donors (Lipinski definition) is 1. The molecule has 0 atom stereocenters. The normalized spacial score (nSPS) is 11.9. The zero-order chi connectivity index (χ0) is 21.8. The summed E-state index contributed by atoms with van der Waals surface area (Å²) in [6.45, 7) is 0. The quantitative estimate of drug-likeness (QED) is 0.323. The topological polar surface area (TPSA) is 47.9 Å². The number of fused-ring (bicyclic) bond motifs is 1. The van der Waals surface area contributed by atoms with Crippen molar-refractivity contribution >= 4 is 47.1 Å². The third-order valence-corrected chi connectivity index (χ3v) is 7.19. The molecule has 0 amide bonds. The number of aromatic hydroxyl groups is 1. The van der Waals surface area contributed by atoms with Crippen molar-refractivity contribution in [2.24, 2.45) is 0 Å². The Hall–Kier alpha value is -3.09. The molecule has 5 rings (SSSR count). The van der Waals surface area contributed by atoms with Crippen molar-refractivity contribution in [2.45, 2.75) is 9.79 Å². The van der Waals surface area contributed by atoms with Crippen molar-refractivity contribution in [1.29, 1.82) is 0 Å². The molecule has 1 aliphatic heterocycles. The van der Waals surface area contributed by atoms with Gasteiger partial charge in [0.15, 0.2) is 5.75 Å². The van der Waals surface area contributed by atoms with Gasteiger partial charge in [-0.1, -0.05) is 70.1 Å². The Bertz CT molecular complexity index is 1180. The Labute approximate surface area is 195 Å². The second-order valence-electron chi connectivity index (χ2n) is 7.02. The van der Waals surface area contributed by atoms with Crippen LogP contribution in [-0.2, 0) is 0 Å². The lowest BCUT2D eigenvalue weighted by Gasteiger charge is -2.08. The van der Waals surface area contributed by atoms with Crippen molar-refractivity contribution in [1.82, 2.24) is 0 Å². The van der Waals surface area contributed by atoms with Gasteiger partial charge in [-0.15, -0.1) is 0 Å². The Morgan fingerprint density at radius 2 is 1.25 bits per heavy atom. The van der Waals surface area contributed by atoms with E-state index in [9.17, 15) is 5.11 Å². The van der Waals surface area contributed by atoms with Crippen LogP contribution < -0.4 is 24.9 Å². The average molecular weight is 455 g/mol. The maximum atomic E-state index is 9.77. The van der Waals surface area contributed by atoms with Gasteiger partial charge < -0.3 is 19.1 Å². The number of para-hydroxylation sites is 4. The van der Waals surface area contributed by atoms with Crippen LogP contribution in [0.1, 0.15) is 0 Å². The third kappa shape index (κ3) is 4.87. The van der Waals surface area contributed by atoms with Crippen molar-refractivity contribution in [3.8, 4) is 23.0 Å². The lowest BCUT2D eigenvalue weighted by Crippen LogP contribution is -2.38. The number of benzene rings is 4. The first-order valence-electron chi connectivity index (χ1n) is 9.99. The fraction of sp³-hybridized carbons (Fsp3) is 0. The average Bonchev–Trinajstić information content (AvgIpc) is 3.28. The predicted molar refractivity (Wildman–Crippen MR) is 132 cm³/mol. The first-order valence-corrected chi connectivity index (χ1v) is 12.1. The molecule has 1 radical (unpaired) electrons. The zero-order valence-electron chi connectivity index (χ0n) is 16.9. The summed E-state index contributed by atoms with van der Waals surface area (Å²) >= 11 is 0. The van der Waals surface area contributed by atoms with E-state index in [1.807, 2.05) is 66.7 Å². The summed E-state index contributed by atoms with van der Waals surface area (Å²) in [6.07, 6.45) is 0. The van der Waals surface area contributed by atoms with Gasteiger partial charge in [-0.05, 0) is 54.0 Å². The molecular formula is C24H17B2O4S2. The predicted octanol–water partition coefficient (Wildman–Crippen LogP) is 4.68. The molecule has 0 saturated heterocycles. The minimum absolute atomic E-state index is 0.119. The van der Waals surface area contributed by atoms with E-state index in [0.29, 0.717) is 5.75 Å². The highest BCUT2D eigenvalue weighted by Crippen LogP contribution is 2.37. The van der Waals surface area contributed by atoms with Gasteiger partial charge in [-0.3, -0.25) is 0 Å². The minimum atomic E-state index is -0.400. The zero-order valence-corrected chi connectivity index (χ0v) is 18.5. The molecule has 0 unspecified atom stereocenters. The molecule has 0 aliphatic carbocycles. The number of hydrogen-bond acceptors (Lipinski definition) is 6. The molecular weight excluding hydrogens is 438 g/mol. The fourth-order valence-electron chi connectivity index (χ4n) is 3.10. The second-order valence-corrected chi connectivity index (χ2v) is 9.30. The van der Waals surface area contributed by atoms with Gasteiger partial charge in [0.05, 0.1) is 0 Å². The highest BCUT2D eigenvalue weighted by atomic mass is 33.1. The van der Waals surface area contributed by atoms with E-state index in [2.05, 4.69) is 12.1 Å². The van der Waals surface area contributed by atoms with Gasteiger partial charge in [0.1, 0.15) is 17.2 Å². The molecule has 0 aromatic heterocycles. The number of rotatable bonds is 7. The van der Waals surface area contributed by atoms with E-state index in [-0.39, 0.29) is 5.75 Å². The van der Waals surface area contributed by atoms with Gasteiger partial charge in [0.2, 0.25) is 0 Å². The highest BCUT2D eigenvalue weighted by Gasteiger charge is 2.33. The van der Waals surface area contributed by atoms with Crippen LogP contribution in [0.5, 0.6) is 23.0 Å². The van der Waals surface area contributed by atoms with Gasteiger partial charge >= 0.3 is 14.6 Å². The van der Waals surface area contributed by atoms with Crippen molar-refractivity contribution in [3.05, 3.63) is 97.1 Å². The maximum absolute atomic E-state index is 9.77. The summed E-state index contributed by atoms with van der Waals surface area (Å²) in [5, 5.41) is 9.77. The van der Waals surface area contributed by atoms with Gasteiger partial charge in [-0.25, -0.2) is 0 Å². The van der Waals surface area contributed by atoms with Crippen LogP contribution in [0.15, 0.2) is 107 Å². The summed E-state index contributed by atoms with van der Waals surface area (Å²) < 4.78 is 17.3. The van der Waals surface area contributed by atoms with Crippen molar-refractivity contribution in [2.75, 3.05) is 0 Å². The first-order chi connectivity index (χ1) is 15.7. The molecule has 32 heavy (non-hydrogen) atoms. The Morgan fingerprint density at radius 1 is 0.688 bits per heavy atom. The number of phenolic OH excluding ortho intramolecular Hbond substituents is 1. The second kappa shape index (κ2) is 9.59. The van der Waals surface area contributed by atoms with E-state index >= 15 is 0 Å². The Balaban J connectivity index is 1.13. The SMILES string of the molecule is Oc1ccccc1O[B]c1ccc(SSc2ccc(B3Oc4ccccc4O3)cc2)cc1. The molecule has 8 heteroatoms. The lowest BCUT2D eigenvalue weighted by molar-refractivity contribution is 0.444. The first kappa shape index (κ1) is 20.8. The van der Waals surface area contributed by atoms with Crippen LogP contribution in [0.3, 0.4) is 0 Å². The summed E-state index contributed by atoms with van der Waals surface area (Å²) in [5.74, 6) is 2.10. The van der Waals surface area contributed by atoms with Crippen molar-refractivity contribution < 1.29 is 19.1 Å². The molecule has 1 aliphatic rings. The van der Waals surface area contributed by atoms with Crippen LogP contribution in [0.25, 0.3) is 0 Å². The largest absolute Gasteiger partial charge is 0.632 e. The summed E-state index contributed by atoms with van der Waals surface area (Å²) in [5.41, 5.74) is 1.91. The standard InChI is InChI=1S/C24H17B2O4S2/c27-21-5-1-2-6-22(21)28-25-17-9-13-19(14-10-17)31-32-20-15-11-18(12-16-20)26-29-23-7-3-4-8-24(23)30-26/h1-16,27H. The van der Waals surface area contributed by atoms with Crippen LogP contribution in [0.2, 0.25) is 0 Å². The summed E-state index contributed by atoms with van der Waals surface area (Å²) in [7, 11) is 4.60. The third-order valence-electron chi connectivity index (χ3n) is 4.77. The molecule has 4 nitrogen and oxygen atoms in total. The summed E-state index contributed by atoms with van der Waals surface area (Å²) in [4.78, 5) is 2.28. The van der Waals surface area contributed by atoms with Gasteiger partial charge in [0.25, 0.3) is 0 Å². The van der Waals surface area contributed by atoms with E-state index in [1.165, 1.54) is 0 Å². The Kier molecular flexibility index (Phi) is 6.23. The highest BCUT2D eigenvalue weighted by molar-refractivity contribution is 8.76. The molecule has 4 aromatic carbocycles. The Morgan fingerprint density at radius 3 is 1.88 bits per heavy atom. The molecule has 0 bridgehead atoms. The van der Waals surface area contributed by atoms with Crippen LogP contribution >= 0.6 is 21.6 Å². The minimum Gasteiger partial charge on any atom is -0.555 e. The van der Waals surface area contributed by atoms with E-state index in [4.69, 9.17) is 14.0 Å². The van der Waals surface area contributed by atoms with E-state index in [0.717, 1.165) is 32.2 Å². The van der Waals surface area contributed by atoms with E-state index in [1.54, 1.807) is 47.3 Å². The van der Waals surface area contributed by atoms with Crippen LogP contribution in [0.4, 0.5) is 0 Å². The number of phenols is 1. The smallest absolute Gasteiger partial charge is 0.555 e.